The van der Waals surface area contributed by atoms with Crippen LogP contribution in [-0.2, 0) is 11.2 Å². The Balaban J connectivity index is 1.30. The second kappa shape index (κ2) is 12.2. The molecule has 1 saturated heterocycles. The number of carboxylic acids is 1. The van der Waals surface area contributed by atoms with Crippen molar-refractivity contribution < 1.29 is 19.7 Å². The summed E-state index contributed by atoms with van der Waals surface area (Å²) in [6.45, 7) is 2.39. The monoisotopic (exact) mass is 516 g/mol. The first-order valence-electron chi connectivity index (χ1n) is 12.2. The summed E-state index contributed by atoms with van der Waals surface area (Å²) in [5.74, 6) is -0.364. The van der Waals surface area contributed by atoms with Gasteiger partial charge in [-0.2, -0.15) is 0 Å². The predicted molar refractivity (Wildman–Crippen MR) is 140 cm³/mol. The summed E-state index contributed by atoms with van der Waals surface area (Å²) in [5, 5.41) is 24.6. The number of rotatable bonds is 11. The van der Waals surface area contributed by atoms with Crippen LogP contribution in [0.2, 0.25) is 5.02 Å². The molecule has 1 aromatic carbocycles. The minimum Gasteiger partial charge on any atom is -0.497 e. The molecule has 0 unspecified atom stereocenters. The molecule has 0 bridgehead atoms. The number of aromatic nitrogens is 1. The molecule has 2 N–H and O–H groups in total. The fraction of sp³-hybridized carbons (Fsp3) is 0.481. The van der Waals surface area contributed by atoms with Crippen molar-refractivity contribution in [1.82, 2.24) is 9.88 Å². The SMILES string of the molecule is COc1ccc2nccc([C@H](O)CC[C@@H]3CCN(CCCCc4sccc4Cl)C[C@@H]3C(=O)O)c2c1. The predicted octanol–water partition coefficient (Wildman–Crippen LogP) is 5.82. The van der Waals surface area contributed by atoms with E-state index in [1.54, 1.807) is 24.6 Å². The smallest absolute Gasteiger partial charge is 0.308 e. The summed E-state index contributed by atoms with van der Waals surface area (Å²) < 4.78 is 5.34. The zero-order valence-electron chi connectivity index (χ0n) is 20.0. The van der Waals surface area contributed by atoms with E-state index in [-0.39, 0.29) is 5.92 Å². The van der Waals surface area contributed by atoms with E-state index < -0.39 is 18.0 Å². The highest BCUT2D eigenvalue weighted by atomic mass is 35.5. The maximum Gasteiger partial charge on any atom is 0.308 e. The topological polar surface area (TPSA) is 82.9 Å². The lowest BCUT2D eigenvalue weighted by Crippen LogP contribution is -2.44. The number of methoxy groups -OCH3 is 1. The third kappa shape index (κ3) is 6.53. The highest BCUT2D eigenvalue weighted by Crippen LogP contribution is 2.34. The van der Waals surface area contributed by atoms with Gasteiger partial charge in [0.2, 0.25) is 0 Å². The molecular formula is C27H33ClN2O4S. The van der Waals surface area contributed by atoms with Gasteiger partial charge in [-0.1, -0.05) is 11.6 Å². The Hall–Kier alpha value is -2.19. The average Bonchev–Trinajstić information content (AvgIpc) is 3.29. The number of likely N-dealkylation sites (tertiary alicyclic amines) is 1. The van der Waals surface area contributed by atoms with E-state index >= 15 is 0 Å². The van der Waals surface area contributed by atoms with Crippen molar-refractivity contribution >= 4 is 39.8 Å². The van der Waals surface area contributed by atoms with E-state index in [0.717, 1.165) is 66.0 Å². The summed E-state index contributed by atoms with van der Waals surface area (Å²) in [6, 6.07) is 9.41. The molecule has 3 aromatic rings. The van der Waals surface area contributed by atoms with Crippen LogP contribution in [0.4, 0.5) is 0 Å². The number of carboxylic acid groups (broad SMARTS) is 1. The second-order valence-electron chi connectivity index (χ2n) is 9.32. The van der Waals surface area contributed by atoms with Crippen LogP contribution < -0.4 is 4.74 Å². The fourth-order valence-corrected chi connectivity index (χ4v) is 6.29. The number of thiophene rings is 1. The van der Waals surface area contributed by atoms with Crippen LogP contribution in [0.1, 0.15) is 48.6 Å². The van der Waals surface area contributed by atoms with Gasteiger partial charge in [-0.05, 0) is 98.8 Å². The van der Waals surface area contributed by atoms with Crippen molar-refractivity contribution in [3.05, 3.63) is 57.4 Å². The van der Waals surface area contributed by atoms with Gasteiger partial charge in [0.05, 0.1) is 29.7 Å². The maximum atomic E-state index is 12.1. The molecule has 6 nitrogen and oxygen atoms in total. The highest BCUT2D eigenvalue weighted by molar-refractivity contribution is 7.10. The Bertz CT molecular complexity index is 1140. The number of pyridine rings is 1. The largest absolute Gasteiger partial charge is 0.497 e. The summed E-state index contributed by atoms with van der Waals surface area (Å²) in [6.07, 6.45) is 6.12. The number of aryl methyl sites for hydroxylation is 1. The molecule has 1 aliphatic rings. The lowest BCUT2D eigenvalue weighted by Gasteiger charge is -2.37. The number of aliphatic hydroxyl groups excluding tert-OH is 1. The van der Waals surface area contributed by atoms with E-state index in [1.807, 2.05) is 35.7 Å². The van der Waals surface area contributed by atoms with Crippen LogP contribution in [0.3, 0.4) is 0 Å². The highest BCUT2D eigenvalue weighted by Gasteiger charge is 2.34. The minimum atomic E-state index is -0.737. The van der Waals surface area contributed by atoms with Gasteiger partial charge in [-0.3, -0.25) is 9.78 Å². The third-order valence-corrected chi connectivity index (χ3v) is 8.58. The first-order valence-corrected chi connectivity index (χ1v) is 13.5. The number of halogens is 1. The van der Waals surface area contributed by atoms with Gasteiger partial charge in [-0.25, -0.2) is 0 Å². The summed E-state index contributed by atoms with van der Waals surface area (Å²) in [5.41, 5.74) is 1.62. The van der Waals surface area contributed by atoms with Crippen LogP contribution >= 0.6 is 22.9 Å². The number of fused-ring (bicyclic) bond motifs is 1. The van der Waals surface area contributed by atoms with Crippen molar-refractivity contribution in [2.45, 2.75) is 44.6 Å². The minimum absolute atomic E-state index is 0.0611. The lowest BCUT2D eigenvalue weighted by atomic mass is 9.81. The number of unbranched alkanes of at least 4 members (excludes halogenated alkanes) is 1. The molecule has 3 atom stereocenters. The van der Waals surface area contributed by atoms with E-state index in [9.17, 15) is 15.0 Å². The van der Waals surface area contributed by atoms with Crippen LogP contribution in [0.25, 0.3) is 10.9 Å². The van der Waals surface area contributed by atoms with Crippen molar-refractivity contribution in [1.29, 1.82) is 0 Å². The van der Waals surface area contributed by atoms with E-state index in [4.69, 9.17) is 16.3 Å². The number of piperidine rings is 1. The Morgan fingerprint density at radius 3 is 2.91 bits per heavy atom. The number of hydrogen-bond donors (Lipinski definition) is 2. The molecule has 2 aromatic heterocycles. The molecule has 35 heavy (non-hydrogen) atoms. The zero-order chi connectivity index (χ0) is 24.8. The Morgan fingerprint density at radius 1 is 1.31 bits per heavy atom. The summed E-state index contributed by atoms with van der Waals surface area (Å²) in [7, 11) is 1.62. The molecule has 4 rings (SSSR count). The maximum absolute atomic E-state index is 12.1. The molecule has 3 heterocycles. The number of aliphatic hydroxyl groups is 1. The van der Waals surface area contributed by atoms with Gasteiger partial charge in [0.1, 0.15) is 5.75 Å². The first-order chi connectivity index (χ1) is 17.0. The van der Waals surface area contributed by atoms with Crippen molar-refractivity contribution in [2.75, 3.05) is 26.7 Å². The van der Waals surface area contributed by atoms with E-state index in [1.165, 1.54) is 4.88 Å². The van der Waals surface area contributed by atoms with Crippen molar-refractivity contribution in [2.24, 2.45) is 11.8 Å². The summed E-state index contributed by atoms with van der Waals surface area (Å²) in [4.78, 5) is 20.0. The van der Waals surface area contributed by atoms with Gasteiger partial charge < -0.3 is 19.8 Å². The standard InChI is InChI=1S/C27H33ClN2O4S/c1-34-19-6-7-24-21(16-19)20(9-12-29-24)25(31)8-5-18-10-14-30(17-22(18)27(32)33)13-3-2-4-26-23(28)11-15-35-26/h6-7,9,11-12,15-16,18,22,25,31H,2-5,8,10,13-14,17H2,1H3,(H,32,33)/t18-,22+,25-/m1/s1. The Kier molecular flexibility index (Phi) is 9.00. The van der Waals surface area contributed by atoms with Crippen LogP contribution in [0.15, 0.2) is 41.9 Å². The Labute approximate surface area is 215 Å². The molecule has 8 heteroatoms. The molecular weight excluding hydrogens is 484 g/mol. The number of hydrogen-bond acceptors (Lipinski definition) is 6. The second-order valence-corrected chi connectivity index (χ2v) is 10.7. The molecule has 1 aliphatic heterocycles. The van der Waals surface area contributed by atoms with Crippen molar-refractivity contribution in [3.63, 3.8) is 0 Å². The first kappa shape index (κ1) is 25.9. The number of carbonyl (C=O) groups is 1. The van der Waals surface area contributed by atoms with Gasteiger partial charge in [0.25, 0.3) is 0 Å². The van der Waals surface area contributed by atoms with Gasteiger partial charge in [-0.15, -0.1) is 11.3 Å². The number of nitrogens with zero attached hydrogens (tertiary/aromatic N) is 2. The third-order valence-electron chi connectivity index (χ3n) is 7.13. The molecule has 188 valence electrons. The Morgan fingerprint density at radius 2 is 2.17 bits per heavy atom. The molecule has 0 amide bonds. The number of benzene rings is 1. The average molecular weight is 517 g/mol. The number of aliphatic carboxylic acids is 1. The summed E-state index contributed by atoms with van der Waals surface area (Å²) >= 11 is 7.87. The van der Waals surface area contributed by atoms with Crippen molar-refractivity contribution in [3.8, 4) is 5.75 Å². The van der Waals surface area contributed by atoms with Gasteiger partial charge in [0, 0.05) is 23.0 Å². The van der Waals surface area contributed by atoms with E-state index in [2.05, 4.69) is 9.88 Å². The van der Waals surface area contributed by atoms with Crippen LogP contribution in [0, 0.1) is 11.8 Å². The van der Waals surface area contributed by atoms with Crippen LogP contribution in [-0.4, -0.2) is 52.8 Å². The molecule has 0 radical (unpaired) electrons. The molecule has 0 aliphatic carbocycles. The normalized spacial score (nSPS) is 19.6. The quantitative estimate of drug-likeness (QED) is 0.312. The number of ether oxygens (including phenoxy) is 1. The molecule has 0 spiro atoms. The van der Waals surface area contributed by atoms with Gasteiger partial charge in [0.15, 0.2) is 0 Å². The molecule has 0 saturated carbocycles. The van der Waals surface area contributed by atoms with E-state index in [0.29, 0.717) is 19.4 Å². The fourth-order valence-electron chi connectivity index (χ4n) is 5.11. The lowest BCUT2D eigenvalue weighted by molar-refractivity contribution is -0.146. The molecule has 1 fully saturated rings. The van der Waals surface area contributed by atoms with Gasteiger partial charge >= 0.3 is 5.97 Å². The van der Waals surface area contributed by atoms with Crippen LogP contribution in [0.5, 0.6) is 5.75 Å². The zero-order valence-corrected chi connectivity index (χ0v) is 21.6.